The first-order valence-corrected chi connectivity index (χ1v) is 9.44. The maximum Gasteiger partial charge on any atom is 0.0331 e. The van der Waals surface area contributed by atoms with Crippen LogP contribution in [0.5, 0.6) is 0 Å². The van der Waals surface area contributed by atoms with Crippen LogP contribution in [-0.2, 0) is 13.1 Å². The van der Waals surface area contributed by atoms with Gasteiger partial charge < -0.3 is 5.32 Å². The molecule has 2 nitrogen and oxygen atoms in total. The van der Waals surface area contributed by atoms with Gasteiger partial charge >= 0.3 is 0 Å². The summed E-state index contributed by atoms with van der Waals surface area (Å²) in [5.74, 6) is 0.733. The Morgan fingerprint density at radius 2 is 1.76 bits per heavy atom. The lowest BCUT2D eigenvalue weighted by molar-refractivity contribution is 0.159. The van der Waals surface area contributed by atoms with E-state index in [1.54, 1.807) is 0 Å². The Hall–Kier alpha value is -0.380. The summed E-state index contributed by atoms with van der Waals surface area (Å²) in [6, 6.07) is 5.34. The largest absolute Gasteiger partial charge is 0.312 e. The molecule has 0 saturated carbocycles. The Morgan fingerprint density at radius 3 is 2.33 bits per heavy atom. The van der Waals surface area contributed by atoms with Crippen molar-refractivity contribution >= 4 is 11.3 Å². The van der Waals surface area contributed by atoms with Crippen molar-refractivity contribution in [1.82, 2.24) is 10.2 Å². The van der Waals surface area contributed by atoms with E-state index in [0.717, 1.165) is 31.6 Å². The summed E-state index contributed by atoms with van der Waals surface area (Å²) >= 11 is 1.97. The van der Waals surface area contributed by atoms with E-state index in [2.05, 4.69) is 57.0 Å². The highest BCUT2D eigenvalue weighted by Crippen LogP contribution is 2.21. The number of thiophene rings is 1. The van der Waals surface area contributed by atoms with Gasteiger partial charge in [-0.05, 0) is 43.9 Å². The van der Waals surface area contributed by atoms with E-state index in [1.807, 2.05) is 11.3 Å². The zero-order valence-electron chi connectivity index (χ0n) is 14.6. The van der Waals surface area contributed by atoms with Gasteiger partial charge in [-0.15, -0.1) is 11.3 Å². The highest BCUT2D eigenvalue weighted by Gasteiger charge is 2.17. The number of nitrogens with one attached hydrogen (secondary N) is 1. The highest BCUT2D eigenvalue weighted by molar-refractivity contribution is 7.11. The van der Waals surface area contributed by atoms with Crippen molar-refractivity contribution < 1.29 is 0 Å². The molecule has 122 valence electrons. The van der Waals surface area contributed by atoms with Gasteiger partial charge in [0.1, 0.15) is 0 Å². The van der Waals surface area contributed by atoms with Gasteiger partial charge in [-0.3, -0.25) is 4.90 Å². The van der Waals surface area contributed by atoms with Crippen molar-refractivity contribution in [2.45, 2.75) is 73.0 Å². The maximum absolute atomic E-state index is 3.49. The van der Waals surface area contributed by atoms with Crippen molar-refractivity contribution in [1.29, 1.82) is 0 Å². The van der Waals surface area contributed by atoms with Crippen molar-refractivity contribution in [3.63, 3.8) is 0 Å². The van der Waals surface area contributed by atoms with Gasteiger partial charge in [0.05, 0.1) is 0 Å². The molecule has 1 N–H and O–H groups in total. The van der Waals surface area contributed by atoms with Gasteiger partial charge in [0.15, 0.2) is 0 Å². The molecular weight excluding hydrogens is 276 g/mol. The summed E-state index contributed by atoms with van der Waals surface area (Å²) in [7, 11) is 0. The van der Waals surface area contributed by atoms with Crippen LogP contribution in [-0.4, -0.2) is 24.0 Å². The van der Waals surface area contributed by atoms with E-state index in [0.29, 0.717) is 0 Å². The number of hydrogen-bond donors (Lipinski definition) is 1. The minimum Gasteiger partial charge on any atom is -0.312 e. The fourth-order valence-electron chi connectivity index (χ4n) is 2.81. The molecule has 0 spiro atoms. The molecule has 3 heteroatoms. The fraction of sp³-hybridized carbons (Fsp3) is 0.778. The van der Waals surface area contributed by atoms with Crippen LogP contribution in [0, 0.1) is 5.92 Å². The molecule has 21 heavy (non-hydrogen) atoms. The molecule has 1 rings (SSSR count). The van der Waals surface area contributed by atoms with E-state index in [9.17, 15) is 0 Å². The molecule has 0 amide bonds. The van der Waals surface area contributed by atoms with Crippen molar-refractivity contribution in [3.8, 4) is 0 Å². The molecule has 0 bridgehead atoms. The van der Waals surface area contributed by atoms with Crippen LogP contribution in [0.2, 0.25) is 0 Å². The van der Waals surface area contributed by atoms with E-state index in [4.69, 9.17) is 0 Å². The third-order valence-corrected chi connectivity index (χ3v) is 4.93. The first kappa shape index (κ1) is 18.7. The normalized spacial score (nSPS) is 12.0. The van der Waals surface area contributed by atoms with Crippen LogP contribution < -0.4 is 5.32 Å². The summed E-state index contributed by atoms with van der Waals surface area (Å²) in [6.07, 6.45) is 3.70. The average molecular weight is 311 g/mol. The summed E-state index contributed by atoms with van der Waals surface area (Å²) in [5, 5.41) is 3.49. The van der Waals surface area contributed by atoms with E-state index in [-0.39, 0.29) is 0 Å². The maximum atomic E-state index is 3.49. The van der Waals surface area contributed by atoms with Gasteiger partial charge in [-0.1, -0.05) is 34.6 Å². The molecule has 0 aliphatic carbocycles. The second-order valence-electron chi connectivity index (χ2n) is 6.34. The first-order valence-electron chi connectivity index (χ1n) is 8.62. The Kier molecular flexibility index (Phi) is 9.21. The molecule has 0 aromatic carbocycles. The zero-order chi connectivity index (χ0) is 15.7. The minimum atomic E-state index is 0.719. The standard InChI is InChI=1S/C18H34N2S/c1-6-11-19-12-17-9-10-18(21-17)14-20(13-15(4)5)16(7-2)8-3/h9-10,15-16,19H,6-8,11-14H2,1-5H3. The first-order chi connectivity index (χ1) is 10.1. The van der Waals surface area contributed by atoms with Gasteiger partial charge in [-0.25, -0.2) is 0 Å². The second-order valence-corrected chi connectivity index (χ2v) is 7.59. The van der Waals surface area contributed by atoms with Crippen LogP contribution in [0.15, 0.2) is 12.1 Å². The monoisotopic (exact) mass is 310 g/mol. The molecule has 0 unspecified atom stereocenters. The average Bonchev–Trinajstić information content (AvgIpc) is 2.87. The van der Waals surface area contributed by atoms with Crippen molar-refractivity contribution in [2.75, 3.05) is 13.1 Å². The minimum absolute atomic E-state index is 0.719. The predicted molar refractivity (Wildman–Crippen MR) is 95.9 cm³/mol. The molecule has 0 atom stereocenters. The van der Waals surface area contributed by atoms with Crippen molar-refractivity contribution in [2.24, 2.45) is 5.92 Å². The highest BCUT2D eigenvalue weighted by atomic mass is 32.1. The third kappa shape index (κ3) is 6.94. The summed E-state index contributed by atoms with van der Waals surface area (Å²) < 4.78 is 0. The van der Waals surface area contributed by atoms with Gasteiger partial charge in [-0.2, -0.15) is 0 Å². The molecule has 0 saturated heterocycles. The molecule has 0 radical (unpaired) electrons. The lowest BCUT2D eigenvalue weighted by atomic mass is 10.1. The van der Waals surface area contributed by atoms with Crippen molar-refractivity contribution in [3.05, 3.63) is 21.9 Å². The van der Waals surface area contributed by atoms with Crippen LogP contribution >= 0.6 is 11.3 Å². The zero-order valence-corrected chi connectivity index (χ0v) is 15.4. The lowest BCUT2D eigenvalue weighted by Crippen LogP contribution is -2.36. The summed E-state index contributed by atoms with van der Waals surface area (Å²) in [5.41, 5.74) is 0. The van der Waals surface area contributed by atoms with Crippen LogP contribution in [0.3, 0.4) is 0 Å². The predicted octanol–water partition coefficient (Wildman–Crippen LogP) is 4.89. The lowest BCUT2D eigenvalue weighted by Gasteiger charge is -2.31. The topological polar surface area (TPSA) is 15.3 Å². The third-order valence-electron chi connectivity index (χ3n) is 3.86. The van der Waals surface area contributed by atoms with Gasteiger partial charge in [0.2, 0.25) is 0 Å². The quantitative estimate of drug-likeness (QED) is 0.585. The molecular formula is C18H34N2S. The molecule has 0 aliphatic heterocycles. The summed E-state index contributed by atoms with van der Waals surface area (Å²) in [4.78, 5) is 5.66. The van der Waals surface area contributed by atoms with Gasteiger partial charge in [0.25, 0.3) is 0 Å². The molecule has 1 aromatic rings. The number of hydrogen-bond acceptors (Lipinski definition) is 3. The second kappa shape index (κ2) is 10.4. The number of rotatable bonds is 11. The molecule has 1 heterocycles. The van der Waals surface area contributed by atoms with Crippen LogP contribution in [0.1, 0.15) is 63.6 Å². The number of nitrogens with zero attached hydrogens (tertiary/aromatic N) is 1. The molecule has 0 aliphatic rings. The van der Waals surface area contributed by atoms with Crippen LogP contribution in [0.4, 0.5) is 0 Å². The Bertz CT molecular complexity index is 369. The smallest absolute Gasteiger partial charge is 0.0331 e. The van der Waals surface area contributed by atoms with Gasteiger partial charge in [0, 0.05) is 35.4 Å². The molecule has 1 aromatic heterocycles. The van der Waals surface area contributed by atoms with Crippen LogP contribution in [0.25, 0.3) is 0 Å². The van der Waals surface area contributed by atoms with E-state index in [1.165, 1.54) is 35.6 Å². The fourth-order valence-corrected chi connectivity index (χ4v) is 3.82. The Balaban J connectivity index is 2.61. The molecule has 0 fully saturated rings. The summed E-state index contributed by atoms with van der Waals surface area (Å²) in [6.45, 7) is 15.9. The Labute approximate surface area is 135 Å². The SMILES string of the molecule is CCCNCc1ccc(CN(CC(C)C)C(CC)CC)s1. The van der Waals surface area contributed by atoms with E-state index < -0.39 is 0 Å². The van der Waals surface area contributed by atoms with E-state index >= 15 is 0 Å². The Morgan fingerprint density at radius 1 is 1.10 bits per heavy atom.